The zero-order valence-electron chi connectivity index (χ0n) is 14.5. The lowest BCUT2D eigenvalue weighted by molar-refractivity contribution is 0.0905. The number of piperidine rings is 1. The lowest BCUT2D eigenvalue weighted by atomic mass is 9.92. The number of likely N-dealkylation sites (tertiary alicyclic amines) is 1. The van der Waals surface area contributed by atoms with Crippen LogP contribution in [-0.2, 0) is 0 Å². The van der Waals surface area contributed by atoms with Gasteiger partial charge in [0.2, 0.25) is 0 Å². The van der Waals surface area contributed by atoms with Gasteiger partial charge in [0.25, 0.3) is 11.7 Å². The molecule has 1 N–H and O–H groups in total. The number of halogens is 2. The van der Waals surface area contributed by atoms with Crippen molar-refractivity contribution in [2.45, 2.75) is 43.9 Å². The summed E-state index contributed by atoms with van der Waals surface area (Å²) in [6, 6.07) is 6.36. The van der Waals surface area contributed by atoms with Gasteiger partial charge in [-0.05, 0) is 49.4 Å². The van der Waals surface area contributed by atoms with Crippen LogP contribution < -0.4 is 5.32 Å². The summed E-state index contributed by atoms with van der Waals surface area (Å²) >= 11 is 0.485. The number of carbonyl (C=O) groups excluding carboxylic acids is 1. The molecule has 1 heterocycles. The van der Waals surface area contributed by atoms with Crippen LogP contribution in [0.15, 0.2) is 29.2 Å². The maximum absolute atomic E-state index is 12.3. The van der Waals surface area contributed by atoms with Crippen molar-refractivity contribution in [2.24, 2.45) is 11.8 Å². The zero-order valence-corrected chi connectivity index (χ0v) is 15.3. The van der Waals surface area contributed by atoms with E-state index in [1.54, 1.807) is 24.3 Å². The quantitative estimate of drug-likeness (QED) is 0.779. The van der Waals surface area contributed by atoms with Crippen LogP contribution in [0.1, 0.15) is 37.6 Å². The van der Waals surface area contributed by atoms with Crippen molar-refractivity contribution >= 4 is 17.7 Å². The van der Waals surface area contributed by atoms with Crippen LogP contribution in [0, 0.1) is 11.8 Å². The average molecular weight is 356 g/mol. The lowest BCUT2D eigenvalue weighted by Gasteiger charge is -2.36. The smallest absolute Gasteiger partial charge is 0.288 e. The largest absolute Gasteiger partial charge is 0.348 e. The van der Waals surface area contributed by atoms with Crippen LogP contribution in [0.25, 0.3) is 0 Å². The fourth-order valence-electron chi connectivity index (χ4n) is 3.47. The molecule has 1 aromatic rings. The summed E-state index contributed by atoms with van der Waals surface area (Å²) in [5.41, 5.74) is 0.501. The number of amides is 1. The van der Waals surface area contributed by atoms with Gasteiger partial charge in [0, 0.05) is 36.1 Å². The highest BCUT2D eigenvalue weighted by molar-refractivity contribution is 7.99. The first-order valence-corrected chi connectivity index (χ1v) is 9.29. The second kappa shape index (κ2) is 8.81. The van der Waals surface area contributed by atoms with Crippen LogP contribution in [0.4, 0.5) is 8.78 Å². The van der Waals surface area contributed by atoms with E-state index in [1.165, 1.54) is 6.42 Å². The molecule has 1 fully saturated rings. The van der Waals surface area contributed by atoms with E-state index in [2.05, 4.69) is 24.1 Å². The molecule has 6 heteroatoms. The minimum atomic E-state index is -2.45. The van der Waals surface area contributed by atoms with E-state index in [4.69, 9.17) is 0 Å². The van der Waals surface area contributed by atoms with E-state index in [1.807, 2.05) is 6.92 Å². The molecule has 3 unspecified atom stereocenters. The summed E-state index contributed by atoms with van der Waals surface area (Å²) in [4.78, 5) is 15.1. The molecule has 3 atom stereocenters. The van der Waals surface area contributed by atoms with Crippen LogP contribution in [0.3, 0.4) is 0 Å². The molecule has 0 saturated carbocycles. The minimum absolute atomic E-state index is 0.0464. The Hall–Kier alpha value is -1.14. The summed E-state index contributed by atoms with van der Waals surface area (Å²) in [6.45, 7) is 9.52. The van der Waals surface area contributed by atoms with Gasteiger partial charge in [-0.25, -0.2) is 0 Å². The molecule has 2 rings (SSSR count). The molecule has 1 aliphatic rings. The summed E-state index contributed by atoms with van der Waals surface area (Å²) in [6.07, 6.45) is 1.26. The van der Waals surface area contributed by atoms with Crippen molar-refractivity contribution in [3.63, 3.8) is 0 Å². The number of nitrogens with one attached hydrogen (secondary N) is 1. The minimum Gasteiger partial charge on any atom is -0.348 e. The Bertz CT molecular complexity index is 528. The van der Waals surface area contributed by atoms with Crippen molar-refractivity contribution < 1.29 is 13.6 Å². The molecular formula is C18H26F2N2OS. The Kier molecular flexibility index (Phi) is 7.04. The van der Waals surface area contributed by atoms with E-state index < -0.39 is 5.76 Å². The van der Waals surface area contributed by atoms with E-state index >= 15 is 0 Å². The third-order valence-corrected chi connectivity index (χ3v) is 4.92. The van der Waals surface area contributed by atoms with Crippen molar-refractivity contribution in [1.29, 1.82) is 0 Å². The first-order chi connectivity index (χ1) is 11.3. The molecule has 134 valence electrons. The second-order valence-electron chi connectivity index (χ2n) is 6.94. The molecule has 0 aromatic heterocycles. The molecule has 0 radical (unpaired) electrons. The molecule has 0 spiro atoms. The third-order valence-electron chi connectivity index (χ3n) is 4.20. The van der Waals surface area contributed by atoms with Crippen molar-refractivity contribution in [1.82, 2.24) is 10.2 Å². The van der Waals surface area contributed by atoms with Crippen LogP contribution in [0.5, 0.6) is 0 Å². The average Bonchev–Trinajstić information content (AvgIpc) is 2.45. The molecule has 1 amide bonds. The number of hydrogen-bond donors (Lipinski definition) is 1. The van der Waals surface area contributed by atoms with Crippen molar-refractivity contribution in [3.8, 4) is 0 Å². The monoisotopic (exact) mass is 356 g/mol. The Morgan fingerprint density at radius 2 is 1.83 bits per heavy atom. The Labute approximate surface area is 147 Å². The van der Waals surface area contributed by atoms with Crippen LogP contribution in [-0.4, -0.2) is 42.2 Å². The number of thioether (sulfide) groups is 1. The van der Waals surface area contributed by atoms with Gasteiger partial charge in [0.15, 0.2) is 0 Å². The number of rotatable bonds is 6. The molecule has 1 saturated heterocycles. The predicted octanol–water partition coefficient (Wildman–Crippen LogP) is 4.10. The highest BCUT2D eigenvalue weighted by atomic mass is 32.2. The summed E-state index contributed by atoms with van der Waals surface area (Å²) < 4.78 is 24.6. The Morgan fingerprint density at radius 1 is 1.25 bits per heavy atom. The topological polar surface area (TPSA) is 32.3 Å². The standard InChI is InChI=1S/C18H26F2N2OS/c1-12-8-13(2)10-22(9-12)11-14(3)21-17(23)15-4-6-16(7-5-15)24-18(19)20/h4-7,12-14,18H,8-11H2,1-3H3,(H,21,23). The number of benzene rings is 1. The van der Waals surface area contributed by atoms with Gasteiger partial charge in [-0.1, -0.05) is 25.6 Å². The molecule has 0 aliphatic carbocycles. The highest BCUT2D eigenvalue weighted by Crippen LogP contribution is 2.25. The van der Waals surface area contributed by atoms with Gasteiger partial charge < -0.3 is 10.2 Å². The maximum Gasteiger partial charge on any atom is 0.288 e. The van der Waals surface area contributed by atoms with Gasteiger partial charge in [0.05, 0.1) is 0 Å². The second-order valence-corrected chi connectivity index (χ2v) is 8.01. The van der Waals surface area contributed by atoms with E-state index in [0.29, 0.717) is 34.1 Å². The lowest BCUT2D eigenvalue weighted by Crippen LogP contribution is -2.47. The fraction of sp³-hybridized carbons (Fsp3) is 0.611. The molecule has 1 aliphatic heterocycles. The van der Waals surface area contributed by atoms with Crippen LogP contribution in [0.2, 0.25) is 0 Å². The summed E-state index contributed by atoms with van der Waals surface area (Å²) in [5.74, 6) is -1.22. The van der Waals surface area contributed by atoms with Gasteiger partial charge in [-0.2, -0.15) is 8.78 Å². The van der Waals surface area contributed by atoms with E-state index in [9.17, 15) is 13.6 Å². The summed E-state index contributed by atoms with van der Waals surface area (Å²) in [5, 5.41) is 3.00. The Morgan fingerprint density at radius 3 is 2.38 bits per heavy atom. The third kappa shape index (κ3) is 6.06. The molecule has 0 bridgehead atoms. The number of nitrogens with zero attached hydrogens (tertiary/aromatic N) is 1. The van der Waals surface area contributed by atoms with Crippen LogP contribution >= 0.6 is 11.8 Å². The molecular weight excluding hydrogens is 330 g/mol. The maximum atomic E-state index is 12.3. The van der Waals surface area contributed by atoms with Crippen molar-refractivity contribution in [3.05, 3.63) is 29.8 Å². The van der Waals surface area contributed by atoms with E-state index in [-0.39, 0.29) is 11.9 Å². The number of alkyl halides is 2. The molecule has 3 nitrogen and oxygen atoms in total. The van der Waals surface area contributed by atoms with Crippen molar-refractivity contribution in [2.75, 3.05) is 19.6 Å². The molecule has 24 heavy (non-hydrogen) atoms. The Balaban J connectivity index is 1.84. The SMILES string of the molecule is CC1CC(C)CN(CC(C)NC(=O)c2ccc(SC(F)F)cc2)C1. The number of hydrogen-bond acceptors (Lipinski definition) is 3. The first kappa shape index (κ1) is 19.2. The van der Waals surface area contributed by atoms with E-state index in [0.717, 1.165) is 19.6 Å². The van der Waals surface area contributed by atoms with Gasteiger partial charge in [0.1, 0.15) is 0 Å². The normalized spacial score (nSPS) is 23.2. The summed E-state index contributed by atoms with van der Waals surface area (Å²) in [7, 11) is 0. The zero-order chi connectivity index (χ0) is 17.7. The van der Waals surface area contributed by atoms with Gasteiger partial charge in [-0.15, -0.1) is 0 Å². The predicted molar refractivity (Wildman–Crippen MR) is 94.6 cm³/mol. The first-order valence-electron chi connectivity index (χ1n) is 8.41. The molecule has 1 aromatic carbocycles. The highest BCUT2D eigenvalue weighted by Gasteiger charge is 2.23. The van der Waals surface area contributed by atoms with Gasteiger partial charge >= 0.3 is 0 Å². The van der Waals surface area contributed by atoms with Gasteiger partial charge in [-0.3, -0.25) is 4.79 Å². The fourth-order valence-corrected chi connectivity index (χ4v) is 3.97. The number of carbonyl (C=O) groups is 1.